The van der Waals surface area contributed by atoms with Crippen LogP contribution in [0.4, 0.5) is 18.3 Å². The topological polar surface area (TPSA) is 89.5 Å². The molecule has 0 fully saturated rings. The lowest BCUT2D eigenvalue weighted by molar-refractivity contribution is -0.206. The van der Waals surface area contributed by atoms with Crippen LogP contribution in [0.1, 0.15) is 23.4 Å². The number of benzene rings is 1. The molecule has 0 bridgehead atoms. The number of nitrogens with one attached hydrogen (secondary N) is 2. The van der Waals surface area contributed by atoms with Crippen molar-refractivity contribution in [3.8, 4) is 5.75 Å². The summed E-state index contributed by atoms with van der Waals surface area (Å²) in [6.45, 7) is -0.727. The van der Waals surface area contributed by atoms with E-state index in [9.17, 15) is 22.8 Å². The van der Waals surface area contributed by atoms with Gasteiger partial charge in [-0.25, -0.2) is 9.78 Å². The smallest absolute Gasteiger partial charge is 0.442 e. The van der Waals surface area contributed by atoms with Crippen LogP contribution < -0.4 is 15.4 Å². The molecule has 0 spiro atoms. The Bertz CT molecular complexity index is 881. The number of hydrogen-bond donors (Lipinski definition) is 2. The molecule has 30 heavy (non-hydrogen) atoms. The maximum Gasteiger partial charge on any atom is 0.442 e. The summed E-state index contributed by atoms with van der Waals surface area (Å²) in [6.07, 6.45) is -2.03. The Balaban J connectivity index is 1.84. The first-order valence-electron chi connectivity index (χ1n) is 9.16. The van der Waals surface area contributed by atoms with Crippen LogP contribution in [0, 0.1) is 0 Å². The molecule has 11 heteroatoms. The summed E-state index contributed by atoms with van der Waals surface area (Å²) >= 11 is 1.03. The highest BCUT2D eigenvalue weighted by molar-refractivity contribution is 7.15. The predicted octanol–water partition coefficient (Wildman–Crippen LogP) is 3.06. The van der Waals surface area contributed by atoms with E-state index >= 15 is 0 Å². The molecule has 1 aliphatic carbocycles. The molecule has 0 unspecified atom stereocenters. The van der Waals surface area contributed by atoms with Gasteiger partial charge >= 0.3 is 17.8 Å². The minimum Gasteiger partial charge on any atom is -0.484 e. The first-order valence-corrected chi connectivity index (χ1v) is 9.97. The first kappa shape index (κ1) is 21.9. The summed E-state index contributed by atoms with van der Waals surface area (Å²) in [5.41, 5.74) is -2.80. The number of anilines is 1. The fraction of sp³-hybridized carbons (Fsp3) is 0.421. The van der Waals surface area contributed by atoms with Gasteiger partial charge in [-0.05, 0) is 37.8 Å². The SMILES string of the molecule is COC(=O)[C@](NC(=O)COc1ccccc1)(Nc1nc2c(s1)CCCC2)C(F)(F)F. The highest BCUT2D eigenvalue weighted by Crippen LogP contribution is 2.36. The van der Waals surface area contributed by atoms with Gasteiger partial charge in [0.2, 0.25) is 0 Å². The van der Waals surface area contributed by atoms with Crippen LogP contribution in [0.15, 0.2) is 30.3 Å². The standard InChI is InChI=1S/C19H20F3N3O4S/c1-28-16(27)18(19(20,21)22,24-15(26)11-29-12-7-3-2-4-8-12)25-17-23-13-9-5-6-10-14(13)30-17/h2-4,7-8H,5-6,9-11H2,1H3,(H,23,25)(H,24,26)/t18-/m0/s1. The third-order valence-corrected chi connectivity index (χ3v) is 5.57. The van der Waals surface area contributed by atoms with E-state index in [0.29, 0.717) is 24.3 Å². The molecule has 2 aromatic rings. The zero-order chi connectivity index (χ0) is 21.8. The van der Waals surface area contributed by atoms with Gasteiger partial charge in [0.1, 0.15) is 5.75 Å². The average Bonchev–Trinajstić information content (AvgIpc) is 3.13. The van der Waals surface area contributed by atoms with E-state index in [1.54, 1.807) is 35.6 Å². The molecule has 1 amide bonds. The van der Waals surface area contributed by atoms with Crippen LogP contribution in [0.5, 0.6) is 5.75 Å². The second kappa shape index (κ2) is 8.90. The Labute approximate surface area is 174 Å². The number of alkyl halides is 3. The van der Waals surface area contributed by atoms with Gasteiger partial charge in [0, 0.05) is 4.88 Å². The Kier molecular flexibility index (Phi) is 6.49. The Morgan fingerprint density at radius 2 is 1.87 bits per heavy atom. The fourth-order valence-electron chi connectivity index (χ4n) is 3.02. The zero-order valence-corrected chi connectivity index (χ0v) is 16.9. The number of halogens is 3. The molecule has 162 valence electrons. The summed E-state index contributed by atoms with van der Waals surface area (Å²) in [7, 11) is 0.810. The van der Waals surface area contributed by atoms with Crippen molar-refractivity contribution in [3.05, 3.63) is 40.9 Å². The van der Waals surface area contributed by atoms with Crippen LogP contribution >= 0.6 is 11.3 Å². The second-order valence-corrected chi connectivity index (χ2v) is 7.69. The summed E-state index contributed by atoms with van der Waals surface area (Å²) in [4.78, 5) is 29.6. The number of carbonyl (C=O) groups is 2. The molecule has 0 radical (unpaired) electrons. The van der Waals surface area contributed by atoms with E-state index in [1.165, 1.54) is 0 Å². The third-order valence-electron chi connectivity index (χ3n) is 4.50. The number of amides is 1. The minimum absolute atomic E-state index is 0.117. The van der Waals surface area contributed by atoms with Crippen molar-refractivity contribution in [3.63, 3.8) is 0 Å². The molecule has 1 aliphatic rings. The molecule has 3 rings (SSSR count). The van der Waals surface area contributed by atoms with Crippen LogP contribution in [-0.4, -0.2) is 42.4 Å². The van der Waals surface area contributed by atoms with Crippen molar-refractivity contribution in [1.82, 2.24) is 10.3 Å². The molecule has 7 nitrogen and oxygen atoms in total. The second-order valence-electron chi connectivity index (χ2n) is 6.61. The molecule has 0 aliphatic heterocycles. The summed E-state index contributed by atoms with van der Waals surface area (Å²) in [5, 5.41) is 3.69. The van der Waals surface area contributed by atoms with Gasteiger partial charge < -0.3 is 20.1 Å². The normalized spacial score (nSPS) is 15.5. The summed E-state index contributed by atoms with van der Waals surface area (Å²) in [5.74, 6) is -2.57. The molecule has 2 N–H and O–H groups in total. The van der Waals surface area contributed by atoms with Crippen molar-refractivity contribution in [2.24, 2.45) is 0 Å². The number of methoxy groups -OCH3 is 1. The molecule has 1 aromatic carbocycles. The van der Waals surface area contributed by atoms with Gasteiger partial charge in [-0.1, -0.05) is 18.2 Å². The van der Waals surface area contributed by atoms with Crippen molar-refractivity contribution < 1.29 is 32.2 Å². The maximum atomic E-state index is 14.1. The number of aromatic nitrogens is 1. The van der Waals surface area contributed by atoms with Gasteiger partial charge in [0.05, 0.1) is 12.8 Å². The van der Waals surface area contributed by atoms with Gasteiger partial charge in [-0.15, -0.1) is 11.3 Å². The number of nitrogens with zero attached hydrogens (tertiary/aromatic N) is 1. The van der Waals surface area contributed by atoms with Crippen LogP contribution in [0.25, 0.3) is 0 Å². The molecule has 0 saturated carbocycles. The molecule has 1 aromatic heterocycles. The highest BCUT2D eigenvalue weighted by Gasteiger charge is 2.64. The van der Waals surface area contributed by atoms with E-state index in [-0.39, 0.29) is 5.13 Å². The summed E-state index contributed by atoms with van der Waals surface area (Å²) < 4.78 is 51.8. The first-order chi connectivity index (χ1) is 14.2. The van der Waals surface area contributed by atoms with Gasteiger partial charge in [0.25, 0.3) is 5.91 Å². The Morgan fingerprint density at radius 3 is 2.50 bits per heavy atom. The lowest BCUT2D eigenvalue weighted by atomic mass is 10.0. The largest absolute Gasteiger partial charge is 0.484 e. The van der Waals surface area contributed by atoms with E-state index in [2.05, 4.69) is 15.0 Å². The summed E-state index contributed by atoms with van der Waals surface area (Å²) in [6, 6.07) is 8.10. The third kappa shape index (κ3) is 4.66. The number of thiazole rings is 1. The number of aryl methyl sites for hydroxylation is 2. The fourth-order valence-corrected chi connectivity index (χ4v) is 4.13. The Morgan fingerprint density at radius 1 is 1.17 bits per heavy atom. The van der Waals surface area contributed by atoms with Gasteiger partial charge in [-0.3, -0.25) is 4.79 Å². The quantitative estimate of drug-likeness (QED) is 0.505. The molecular formula is C19H20F3N3O4S. The molecular weight excluding hydrogens is 423 g/mol. The lowest BCUT2D eigenvalue weighted by Gasteiger charge is -2.34. The van der Waals surface area contributed by atoms with Gasteiger partial charge in [-0.2, -0.15) is 13.2 Å². The molecule has 0 saturated heterocycles. The van der Waals surface area contributed by atoms with E-state index < -0.39 is 30.3 Å². The van der Waals surface area contributed by atoms with Gasteiger partial charge in [0.15, 0.2) is 11.7 Å². The molecule has 1 heterocycles. The van der Waals surface area contributed by atoms with Crippen molar-refractivity contribution in [1.29, 1.82) is 0 Å². The van der Waals surface area contributed by atoms with Crippen molar-refractivity contribution >= 4 is 28.3 Å². The minimum atomic E-state index is -5.21. The predicted molar refractivity (Wildman–Crippen MR) is 103 cm³/mol. The number of carbonyl (C=O) groups excluding carboxylic acids is 2. The van der Waals surface area contributed by atoms with E-state index in [0.717, 1.165) is 36.2 Å². The number of para-hydroxylation sites is 1. The lowest BCUT2D eigenvalue weighted by Crippen LogP contribution is -2.69. The van der Waals surface area contributed by atoms with E-state index in [1.807, 2.05) is 0 Å². The van der Waals surface area contributed by atoms with Crippen molar-refractivity contribution in [2.45, 2.75) is 37.5 Å². The highest BCUT2D eigenvalue weighted by atomic mass is 32.1. The monoisotopic (exact) mass is 443 g/mol. The van der Waals surface area contributed by atoms with Crippen LogP contribution in [-0.2, 0) is 27.2 Å². The number of ether oxygens (including phenoxy) is 2. The number of esters is 1. The van der Waals surface area contributed by atoms with Crippen LogP contribution in [0.2, 0.25) is 0 Å². The average molecular weight is 443 g/mol. The van der Waals surface area contributed by atoms with Crippen LogP contribution in [0.3, 0.4) is 0 Å². The molecule has 1 atom stereocenters. The Hall–Kier alpha value is -2.82. The number of hydrogen-bond acceptors (Lipinski definition) is 7. The van der Waals surface area contributed by atoms with E-state index in [4.69, 9.17) is 4.74 Å². The number of fused-ring (bicyclic) bond motifs is 1. The maximum absolute atomic E-state index is 14.1. The zero-order valence-electron chi connectivity index (χ0n) is 16.0. The van der Waals surface area contributed by atoms with Crippen molar-refractivity contribution in [2.75, 3.05) is 19.0 Å². The number of rotatable bonds is 7.